The number of hydrogen-bond donors (Lipinski definition) is 1. The average molecular weight is 233 g/mol. The van der Waals surface area contributed by atoms with Crippen molar-refractivity contribution >= 4 is 17.3 Å². The molecule has 0 aliphatic rings. The third kappa shape index (κ3) is 2.12. The highest BCUT2D eigenvalue weighted by atomic mass is 32.1. The molecule has 1 aromatic carbocycles. The molecule has 0 amide bonds. The number of aliphatic carboxylic acids is 1. The van der Waals surface area contributed by atoms with Gasteiger partial charge in [-0.1, -0.05) is 18.2 Å². The summed E-state index contributed by atoms with van der Waals surface area (Å²) in [5.74, 6) is -1.30. The second kappa shape index (κ2) is 4.45. The van der Waals surface area contributed by atoms with Gasteiger partial charge in [0.1, 0.15) is 0 Å². The molecule has 16 heavy (non-hydrogen) atoms. The Labute approximate surface area is 97.4 Å². The van der Waals surface area contributed by atoms with Crippen LogP contribution in [0.2, 0.25) is 0 Å². The van der Waals surface area contributed by atoms with Gasteiger partial charge >= 0.3 is 5.97 Å². The molecule has 82 valence electrons. The summed E-state index contributed by atoms with van der Waals surface area (Å²) in [6.07, 6.45) is 0. The second-order valence-electron chi connectivity index (χ2n) is 3.56. The lowest BCUT2D eigenvalue weighted by Crippen LogP contribution is -2.07. The Kier molecular flexibility index (Phi) is 3.01. The molecule has 0 saturated heterocycles. The van der Waals surface area contributed by atoms with E-state index < -0.39 is 11.9 Å². The largest absolute Gasteiger partial charge is 0.481 e. The van der Waals surface area contributed by atoms with E-state index in [1.54, 1.807) is 12.4 Å². The van der Waals surface area contributed by atoms with Gasteiger partial charge in [-0.15, -0.1) is 11.3 Å². The SMILES string of the molecule is CC(C(=O)O)c1cccc(-c2cscn2)c1. The molecular weight excluding hydrogens is 222 g/mol. The minimum Gasteiger partial charge on any atom is -0.481 e. The first kappa shape index (κ1) is 10.8. The Balaban J connectivity index is 2.37. The van der Waals surface area contributed by atoms with Crippen molar-refractivity contribution in [3.05, 3.63) is 40.7 Å². The number of carbonyl (C=O) groups is 1. The van der Waals surface area contributed by atoms with E-state index >= 15 is 0 Å². The van der Waals surface area contributed by atoms with E-state index in [-0.39, 0.29) is 0 Å². The minimum absolute atomic E-state index is 0.487. The van der Waals surface area contributed by atoms with Crippen LogP contribution in [0.4, 0.5) is 0 Å². The maximum absolute atomic E-state index is 10.9. The first-order chi connectivity index (χ1) is 7.68. The molecule has 0 spiro atoms. The maximum atomic E-state index is 10.9. The summed E-state index contributed by atoms with van der Waals surface area (Å²) in [6, 6.07) is 7.51. The van der Waals surface area contributed by atoms with Crippen LogP contribution in [0.25, 0.3) is 11.3 Å². The molecule has 1 aromatic heterocycles. The van der Waals surface area contributed by atoms with E-state index in [1.807, 2.05) is 29.6 Å². The van der Waals surface area contributed by atoms with E-state index in [9.17, 15) is 4.79 Å². The van der Waals surface area contributed by atoms with Gasteiger partial charge in [0.15, 0.2) is 0 Å². The molecule has 1 N–H and O–H groups in total. The number of nitrogens with zero attached hydrogens (tertiary/aromatic N) is 1. The lowest BCUT2D eigenvalue weighted by Gasteiger charge is -2.07. The number of thiazole rings is 1. The number of rotatable bonds is 3. The van der Waals surface area contributed by atoms with E-state index in [4.69, 9.17) is 5.11 Å². The number of benzene rings is 1. The predicted octanol–water partition coefficient (Wildman–Crippen LogP) is 3.00. The Morgan fingerprint density at radius 2 is 2.31 bits per heavy atom. The van der Waals surface area contributed by atoms with Crippen molar-refractivity contribution < 1.29 is 9.90 Å². The summed E-state index contributed by atoms with van der Waals surface area (Å²) < 4.78 is 0. The van der Waals surface area contributed by atoms with Crippen LogP contribution in [0.3, 0.4) is 0 Å². The highest BCUT2D eigenvalue weighted by Gasteiger charge is 2.14. The minimum atomic E-state index is -0.810. The molecule has 3 nitrogen and oxygen atoms in total. The third-order valence-electron chi connectivity index (χ3n) is 2.49. The first-order valence-electron chi connectivity index (χ1n) is 4.90. The Hall–Kier alpha value is -1.68. The molecule has 0 fully saturated rings. The summed E-state index contributed by atoms with van der Waals surface area (Å²) in [5.41, 5.74) is 4.43. The van der Waals surface area contributed by atoms with Gasteiger partial charge < -0.3 is 5.11 Å². The molecule has 0 saturated carbocycles. The first-order valence-corrected chi connectivity index (χ1v) is 5.84. The number of hydrogen-bond acceptors (Lipinski definition) is 3. The molecule has 0 aliphatic heterocycles. The van der Waals surface area contributed by atoms with E-state index in [2.05, 4.69) is 4.98 Å². The van der Waals surface area contributed by atoms with Crippen LogP contribution in [0.15, 0.2) is 35.2 Å². The fourth-order valence-corrected chi connectivity index (χ4v) is 2.03. The van der Waals surface area contributed by atoms with Crippen molar-refractivity contribution in [2.24, 2.45) is 0 Å². The van der Waals surface area contributed by atoms with Gasteiger partial charge in [0.2, 0.25) is 0 Å². The monoisotopic (exact) mass is 233 g/mol. The highest BCUT2D eigenvalue weighted by Crippen LogP contribution is 2.23. The third-order valence-corrected chi connectivity index (χ3v) is 3.07. The lowest BCUT2D eigenvalue weighted by molar-refractivity contribution is -0.138. The molecule has 0 aliphatic carbocycles. The summed E-state index contributed by atoms with van der Waals surface area (Å²) in [5, 5.41) is 10.9. The van der Waals surface area contributed by atoms with Gasteiger partial charge in [-0.25, -0.2) is 4.98 Å². The van der Waals surface area contributed by atoms with Crippen molar-refractivity contribution in [3.8, 4) is 11.3 Å². The summed E-state index contributed by atoms with van der Waals surface area (Å²) in [6.45, 7) is 1.68. The van der Waals surface area contributed by atoms with Gasteiger partial charge in [-0.2, -0.15) is 0 Å². The quantitative estimate of drug-likeness (QED) is 0.886. The molecule has 1 atom stereocenters. The van der Waals surface area contributed by atoms with E-state index in [0.717, 1.165) is 16.8 Å². The van der Waals surface area contributed by atoms with Crippen LogP contribution in [0.1, 0.15) is 18.4 Å². The molecule has 2 aromatic rings. The second-order valence-corrected chi connectivity index (χ2v) is 4.28. The van der Waals surface area contributed by atoms with Crippen LogP contribution < -0.4 is 0 Å². The van der Waals surface area contributed by atoms with E-state index in [1.165, 1.54) is 11.3 Å². The number of aromatic nitrogens is 1. The Morgan fingerprint density at radius 1 is 1.50 bits per heavy atom. The molecule has 2 rings (SSSR count). The number of carboxylic acid groups (broad SMARTS) is 1. The summed E-state index contributed by atoms with van der Waals surface area (Å²) in [4.78, 5) is 15.1. The molecule has 1 unspecified atom stereocenters. The van der Waals surface area contributed by atoms with Crippen LogP contribution >= 0.6 is 11.3 Å². The van der Waals surface area contributed by atoms with Gasteiger partial charge in [0, 0.05) is 10.9 Å². The normalized spacial score (nSPS) is 12.3. The molecule has 0 radical (unpaired) electrons. The molecule has 1 heterocycles. The Bertz CT molecular complexity index is 493. The van der Waals surface area contributed by atoms with Crippen LogP contribution in [0.5, 0.6) is 0 Å². The van der Waals surface area contributed by atoms with Crippen molar-refractivity contribution in [2.75, 3.05) is 0 Å². The van der Waals surface area contributed by atoms with Crippen molar-refractivity contribution in [2.45, 2.75) is 12.8 Å². The topological polar surface area (TPSA) is 50.2 Å². The zero-order valence-corrected chi connectivity index (χ0v) is 9.57. The number of carboxylic acids is 1. The van der Waals surface area contributed by atoms with Gasteiger partial charge in [0.05, 0.1) is 17.1 Å². The van der Waals surface area contributed by atoms with Gasteiger partial charge in [-0.3, -0.25) is 4.79 Å². The van der Waals surface area contributed by atoms with Crippen molar-refractivity contribution in [1.29, 1.82) is 0 Å². The van der Waals surface area contributed by atoms with Crippen LogP contribution in [-0.2, 0) is 4.79 Å². The highest BCUT2D eigenvalue weighted by molar-refractivity contribution is 7.07. The molecule has 4 heteroatoms. The molecule has 0 bridgehead atoms. The molecular formula is C12H11NO2S. The van der Waals surface area contributed by atoms with Crippen molar-refractivity contribution in [1.82, 2.24) is 4.98 Å². The summed E-state index contributed by atoms with van der Waals surface area (Å²) in [7, 11) is 0. The summed E-state index contributed by atoms with van der Waals surface area (Å²) >= 11 is 1.53. The Morgan fingerprint density at radius 3 is 2.94 bits per heavy atom. The fraction of sp³-hybridized carbons (Fsp3) is 0.167. The zero-order valence-electron chi connectivity index (χ0n) is 8.75. The standard InChI is InChI=1S/C12H11NO2S/c1-8(12(14)15)9-3-2-4-10(5-9)11-6-16-7-13-11/h2-8H,1H3,(H,14,15). The van der Waals surface area contributed by atoms with Gasteiger partial charge in [-0.05, 0) is 18.6 Å². The van der Waals surface area contributed by atoms with Gasteiger partial charge in [0.25, 0.3) is 0 Å². The fourth-order valence-electron chi connectivity index (χ4n) is 1.47. The predicted molar refractivity (Wildman–Crippen MR) is 63.6 cm³/mol. The average Bonchev–Trinajstić information content (AvgIpc) is 2.81. The lowest BCUT2D eigenvalue weighted by atomic mass is 9.98. The smallest absolute Gasteiger partial charge is 0.310 e. The van der Waals surface area contributed by atoms with Crippen molar-refractivity contribution in [3.63, 3.8) is 0 Å². The van der Waals surface area contributed by atoms with Crippen LogP contribution in [-0.4, -0.2) is 16.1 Å². The van der Waals surface area contributed by atoms with Crippen LogP contribution in [0, 0.1) is 0 Å². The zero-order chi connectivity index (χ0) is 11.5. The maximum Gasteiger partial charge on any atom is 0.310 e. The van der Waals surface area contributed by atoms with E-state index in [0.29, 0.717) is 0 Å².